The Balaban J connectivity index is 0.891. The monoisotopic (exact) mass is 696 g/mol. The summed E-state index contributed by atoms with van der Waals surface area (Å²) in [6, 6.07) is 15.1. The Hall–Kier alpha value is -2.20. The SMILES string of the molecule is O=C1CCCCN1C[C@H]1CN[C@@H](Cc2ccc(Cl)c(C3(CC4CCC(=O)N(C[C@H]5CN[C@@H](Cc6ccc(Cl)cc6)CO5)C4)CC3)c2)CO1. The van der Waals surface area contributed by atoms with Crippen molar-refractivity contribution in [3.05, 3.63) is 69.2 Å². The largest absolute Gasteiger partial charge is 0.373 e. The van der Waals surface area contributed by atoms with E-state index in [4.69, 9.17) is 32.7 Å². The minimum atomic E-state index is 0.00935. The van der Waals surface area contributed by atoms with Crippen LogP contribution < -0.4 is 10.6 Å². The van der Waals surface area contributed by atoms with Crippen molar-refractivity contribution in [2.24, 2.45) is 5.92 Å². The Morgan fingerprint density at radius 2 is 1.44 bits per heavy atom. The van der Waals surface area contributed by atoms with Crippen LogP contribution in [0.25, 0.3) is 0 Å². The number of carbonyl (C=O) groups is 2. The lowest BCUT2D eigenvalue weighted by Gasteiger charge is -2.38. The van der Waals surface area contributed by atoms with Crippen LogP contribution >= 0.6 is 23.2 Å². The van der Waals surface area contributed by atoms with E-state index >= 15 is 0 Å². The molecule has 5 aliphatic rings. The fourth-order valence-electron chi connectivity index (χ4n) is 8.30. The molecule has 2 aromatic rings. The van der Waals surface area contributed by atoms with Gasteiger partial charge in [0.25, 0.3) is 0 Å². The fraction of sp³-hybridized carbons (Fsp3) is 0.632. The van der Waals surface area contributed by atoms with Crippen molar-refractivity contribution < 1.29 is 19.1 Å². The van der Waals surface area contributed by atoms with Crippen LogP contribution in [-0.4, -0.2) is 98.4 Å². The molecule has 8 nitrogen and oxygen atoms in total. The summed E-state index contributed by atoms with van der Waals surface area (Å²) < 4.78 is 12.5. The highest BCUT2D eigenvalue weighted by atomic mass is 35.5. The molecule has 4 heterocycles. The molecular weight excluding hydrogens is 647 g/mol. The number of amides is 2. The summed E-state index contributed by atoms with van der Waals surface area (Å²) in [4.78, 5) is 29.3. The summed E-state index contributed by atoms with van der Waals surface area (Å²) in [6.07, 6.45) is 9.51. The maximum absolute atomic E-state index is 13.0. The van der Waals surface area contributed by atoms with Gasteiger partial charge in [0.1, 0.15) is 0 Å². The van der Waals surface area contributed by atoms with E-state index in [-0.39, 0.29) is 41.5 Å². The van der Waals surface area contributed by atoms with Crippen LogP contribution in [0.2, 0.25) is 10.0 Å². The highest BCUT2D eigenvalue weighted by Crippen LogP contribution is 2.55. The molecule has 260 valence electrons. The lowest BCUT2D eigenvalue weighted by molar-refractivity contribution is -0.138. The van der Waals surface area contributed by atoms with Gasteiger partial charge in [0.15, 0.2) is 0 Å². The quantitative estimate of drug-likeness (QED) is 0.338. The molecule has 0 bridgehead atoms. The molecule has 0 radical (unpaired) electrons. The van der Waals surface area contributed by atoms with Crippen molar-refractivity contribution in [1.82, 2.24) is 20.4 Å². The Morgan fingerprint density at radius 3 is 2.08 bits per heavy atom. The summed E-state index contributed by atoms with van der Waals surface area (Å²) in [5.41, 5.74) is 3.89. The van der Waals surface area contributed by atoms with Gasteiger partial charge in [0.05, 0.1) is 25.4 Å². The molecule has 1 saturated carbocycles. The lowest BCUT2D eigenvalue weighted by atomic mass is 9.81. The van der Waals surface area contributed by atoms with Gasteiger partial charge < -0.3 is 29.9 Å². The van der Waals surface area contributed by atoms with Crippen molar-refractivity contribution in [2.75, 3.05) is 52.5 Å². The molecule has 4 aliphatic heterocycles. The summed E-state index contributed by atoms with van der Waals surface area (Å²) in [5.74, 6) is 0.962. The van der Waals surface area contributed by atoms with Crippen LogP contribution in [0.3, 0.4) is 0 Å². The number of carbonyl (C=O) groups excluding carboxylic acids is 2. The Bertz CT molecular complexity index is 1420. The van der Waals surface area contributed by atoms with Crippen LogP contribution in [0.1, 0.15) is 68.1 Å². The normalized spacial score (nSPS) is 29.2. The molecule has 48 heavy (non-hydrogen) atoms. The maximum atomic E-state index is 13.0. The summed E-state index contributed by atoms with van der Waals surface area (Å²) in [5, 5.41) is 8.93. The minimum absolute atomic E-state index is 0.00935. The zero-order valence-electron chi connectivity index (χ0n) is 27.9. The van der Waals surface area contributed by atoms with Gasteiger partial charge in [-0.3, -0.25) is 9.59 Å². The van der Waals surface area contributed by atoms with E-state index in [1.54, 1.807) is 0 Å². The number of nitrogens with zero attached hydrogens (tertiary/aromatic N) is 2. The van der Waals surface area contributed by atoms with Crippen LogP contribution in [0, 0.1) is 5.92 Å². The molecule has 2 amide bonds. The highest BCUT2D eigenvalue weighted by molar-refractivity contribution is 6.31. The van der Waals surface area contributed by atoms with Crippen LogP contribution in [0.4, 0.5) is 0 Å². The van der Waals surface area contributed by atoms with Crippen LogP contribution in [-0.2, 0) is 37.3 Å². The van der Waals surface area contributed by atoms with Gasteiger partial charge in [-0.2, -0.15) is 0 Å². The predicted octanol–water partition coefficient (Wildman–Crippen LogP) is 5.17. The zero-order chi connectivity index (χ0) is 33.1. The molecule has 5 fully saturated rings. The van der Waals surface area contributed by atoms with Gasteiger partial charge in [-0.15, -0.1) is 0 Å². The Labute approximate surface area is 295 Å². The van der Waals surface area contributed by atoms with E-state index in [9.17, 15) is 9.59 Å². The van der Waals surface area contributed by atoms with Gasteiger partial charge in [0.2, 0.25) is 11.8 Å². The average Bonchev–Trinajstić information content (AvgIpc) is 3.87. The van der Waals surface area contributed by atoms with E-state index in [2.05, 4.69) is 45.9 Å². The number of likely N-dealkylation sites (tertiary alicyclic amines) is 2. The first-order chi connectivity index (χ1) is 23.3. The third-order valence-electron chi connectivity index (χ3n) is 11.2. The third kappa shape index (κ3) is 8.56. The van der Waals surface area contributed by atoms with Crippen molar-refractivity contribution in [3.63, 3.8) is 0 Å². The number of hydrogen-bond acceptors (Lipinski definition) is 6. The second-order valence-corrected chi connectivity index (χ2v) is 15.8. The summed E-state index contributed by atoms with van der Waals surface area (Å²) in [7, 11) is 0. The van der Waals surface area contributed by atoms with Crippen molar-refractivity contribution >= 4 is 35.0 Å². The second kappa shape index (κ2) is 15.4. The molecule has 1 aliphatic carbocycles. The highest BCUT2D eigenvalue weighted by Gasteiger charge is 2.48. The summed E-state index contributed by atoms with van der Waals surface area (Å²) in [6.45, 7) is 5.77. The number of ether oxygens (including phenoxy) is 2. The maximum Gasteiger partial charge on any atom is 0.222 e. The smallest absolute Gasteiger partial charge is 0.222 e. The molecule has 5 atom stereocenters. The number of nitrogens with one attached hydrogen (secondary N) is 2. The Kier molecular flexibility index (Phi) is 11.0. The first-order valence-corrected chi connectivity index (χ1v) is 18.9. The van der Waals surface area contributed by atoms with Gasteiger partial charge >= 0.3 is 0 Å². The molecule has 2 N–H and O–H groups in total. The fourth-order valence-corrected chi connectivity index (χ4v) is 8.74. The molecule has 1 unspecified atom stereocenters. The number of halogens is 2. The minimum Gasteiger partial charge on any atom is -0.373 e. The van der Waals surface area contributed by atoms with Crippen molar-refractivity contribution in [1.29, 1.82) is 0 Å². The molecular formula is C38H50Cl2N4O4. The molecule has 7 rings (SSSR count). The standard InChI is InChI=1S/C38H50Cl2N4O4/c39-29-8-4-26(5-9-29)15-30-24-48-33(20-41-30)23-44-21-28(7-11-37(44)46)18-38(12-13-38)34-17-27(6-10-35(34)40)16-31-25-47-32(19-42-31)22-43-14-2-1-3-36(43)45/h4-6,8-10,17,28,30-33,41-42H,1-3,7,11-16,18-25H2/t28?,30-,31-,32+,33+/m0/s1. The first kappa shape index (κ1) is 34.3. The van der Waals surface area contributed by atoms with E-state index in [0.717, 1.165) is 87.6 Å². The summed E-state index contributed by atoms with van der Waals surface area (Å²) >= 11 is 12.9. The van der Waals surface area contributed by atoms with Crippen LogP contribution in [0.15, 0.2) is 42.5 Å². The molecule has 0 aromatic heterocycles. The number of hydrogen-bond donors (Lipinski definition) is 2. The van der Waals surface area contributed by atoms with Gasteiger partial charge in [-0.1, -0.05) is 47.5 Å². The van der Waals surface area contributed by atoms with E-state index in [1.165, 1.54) is 16.7 Å². The topological polar surface area (TPSA) is 83.1 Å². The Morgan fingerprint density at radius 1 is 0.792 bits per heavy atom. The third-order valence-corrected chi connectivity index (χ3v) is 11.8. The molecule has 10 heteroatoms. The van der Waals surface area contributed by atoms with Crippen molar-refractivity contribution in [2.45, 2.75) is 93.9 Å². The zero-order valence-corrected chi connectivity index (χ0v) is 29.5. The predicted molar refractivity (Wildman–Crippen MR) is 189 cm³/mol. The lowest BCUT2D eigenvalue weighted by Crippen LogP contribution is -2.53. The van der Waals surface area contributed by atoms with E-state index < -0.39 is 0 Å². The molecule has 2 aromatic carbocycles. The second-order valence-electron chi connectivity index (χ2n) is 15.0. The van der Waals surface area contributed by atoms with Gasteiger partial charge in [0, 0.05) is 74.2 Å². The molecule has 4 saturated heterocycles. The van der Waals surface area contributed by atoms with Crippen molar-refractivity contribution in [3.8, 4) is 0 Å². The van der Waals surface area contributed by atoms with E-state index in [1.807, 2.05) is 17.0 Å². The van der Waals surface area contributed by atoms with E-state index in [0.29, 0.717) is 45.1 Å². The number of piperidine rings is 2. The average molecular weight is 698 g/mol. The molecule has 0 spiro atoms. The first-order valence-electron chi connectivity index (χ1n) is 18.1. The van der Waals surface area contributed by atoms with Gasteiger partial charge in [-0.25, -0.2) is 0 Å². The van der Waals surface area contributed by atoms with Gasteiger partial charge in [-0.05, 0) is 97.6 Å². The number of rotatable bonds is 11. The number of morpholine rings is 2. The van der Waals surface area contributed by atoms with Crippen LogP contribution in [0.5, 0.6) is 0 Å². The number of benzene rings is 2.